The minimum absolute atomic E-state index is 0.350. The number of rotatable bonds is 5. The highest BCUT2D eigenvalue weighted by Gasteiger charge is 2.23. The zero-order chi connectivity index (χ0) is 17.2. The molecule has 0 bridgehead atoms. The quantitative estimate of drug-likeness (QED) is 0.432. The van der Waals surface area contributed by atoms with Crippen LogP contribution in [-0.2, 0) is 4.84 Å². The fraction of sp³-hybridized carbons (Fsp3) is 0.316. The van der Waals surface area contributed by atoms with Crippen molar-refractivity contribution in [1.29, 1.82) is 0 Å². The van der Waals surface area contributed by atoms with Crippen molar-refractivity contribution < 1.29 is 9.25 Å². The maximum Gasteiger partial charge on any atom is 0.259 e. The summed E-state index contributed by atoms with van der Waals surface area (Å²) < 4.78 is 5.76. The van der Waals surface area contributed by atoms with E-state index in [1.807, 2.05) is 37.3 Å². The summed E-state index contributed by atoms with van der Waals surface area (Å²) in [6.07, 6.45) is 2.93. The first-order valence-electron chi connectivity index (χ1n) is 8.52. The third-order valence-electron chi connectivity index (χ3n) is 4.62. The summed E-state index contributed by atoms with van der Waals surface area (Å²) >= 11 is 0. The first-order chi connectivity index (χ1) is 12.2. The Balaban J connectivity index is 1.50. The van der Waals surface area contributed by atoms with Gasteiger partial charge in [-0.3, -0.25) is 0 Å². The van der Waals surface area contributed by atoms with Gasteiger partial charge in [-0.1, -0.05) is 41.9 Å². The predicted octanol–water partition coefficient (Wildman–Crippen LogP) is 4.04. The van der Waals surface area contributed by atoms with Crippen molar-refractivity contribution in [2.24, 2.45) is 16.8 Å². The van der Waals surface area contributed by atoms with Gasteiger partial charge in [0, 0.05) is 11.5 Å². The van der Waals surface area contributed by atoms with Crippen LogP contribution < -0.4 is 5.73 Å². The first kappa shape index (κ1) is 15.6. The highest BCUT2D eigenvalue weighted by atomic mass is 16.6. The molecule has 0 spiro atoms. The topological polar surface area (TPSA) is 86.5 Å². The van der Waals surface area contributed by atoms with Crippen LogP contribution in [0.5, 0.6) is 0 Å². The highest BCUT2D eigenvalue weighted by molar-refractivity contribution is 5.86. The van der Waals surface area contributed by atoms with E-state index in [1.165, 1.54) is 11.8 Å². The van der Waals surface area contributed by atoms with Gasteiger partial charge in [-0.05, 0) is 42.7 Å². The van der Waals surface area contributed by atoms with E-state index in [1.54, 1.807) is 0 Å². The van der Waals surface area contributed by atoms with E-state index in [4.69, 9.17) is 15.0 Å². The second-order valence-electron chi connectivity index (χ2n) is 6.40. The van der Waals surface area contributed by atoms with Crippen LogP contribution in [0.1, 0.15) is 38.2 Å². The molecule has 2 N–H and O–H groups in total. The normalized spacial score (nSPS) is 16.6. The van der Waals surface area contributed by atoms with Gasteiger partial charge in [-0.15, -0.1) is 10.2 Å². The molecule has 1 unspecified atom stereocenters. The van der Waals surface area contributed by atoms with E-state index in [-0.39, 0.29) is 0 Å². The molecule has 6 heteroatoms. The van der Waals surface area contributed by atoms with Gasteiger partial charge in [0.15, 0.2) is 0 Å². The number of benzene rings is 2. The third-order valence-corrected chi connectivity index (χ3v) is 4.62. The molecule has 1 aromatic heterocycles. The van der Waals surface area contributed by atoms with E-state index in [0.29, 0.717) is 23.5 Å². The molecule has 1 fully saturated rings. The number of oxime groups is 1. The van der Waals surface area contributed by atoms with Crippen molar-refractivity contribution in [3.63, 3.8) is 0 Å². The van der Waals surface area contributed by atoms with Gasteiger partial charge < -0.3 is 15.0 Å². The second kappa shape index (κ2) is 6.55. The molecule has 4 rings (SSSR count). The van der Waals surface area contributed by atoms with E-state index < -0.39 is 6.10 Å². The van der Waals surface area contributed by atoms with Gasteiger partial charge in [-0.2, -0.15) is 0 Å². The average Bonchev–Trinajstić information content (AvgIpc) is 3.08. The van der Waals surface area contributed by atoms with Crippen LogP contribution in [0.25, 0.3) is 22.2 Å². The van der Waals surface area contributed by atoms with Crippen molar-refractivity contribution in [2.45, 2.75) is 32.3 Å². The van der Waals surface area contributed by atoms with Crippen LogP contribution in [0, 0.1) is 5.92 Å². The Kier molecular flexibility index (Phi) is 4.09. The molecule has 0 saturated heterocycles. The lowest BCUT2D eigenvalue weighted by molar-refractivity contribution is 0.0507. The standard InChI is InChI=1S/C19H20N4O2/c1-12(25-23-17(20)14-7-4-8-14)18-21-22-19(24-18)16-10-9-13-5-2-3-6-15(13)11-16/h2-3,5-6,9-12,14H,4,7-8H2,1H3,(H2,20,23). The van der Waals surface area contributed by atoms with Gasteiger partial charge in [0.1, 0.15) is 5.84 Å². The molecule has 1 atom stereocenters. The van der Waals surface area contributed by atoms with Gasteiger partial charge in [0.2, 0.25) is 12.0 Å². The highest BCUT2D eigenvalue weighted by Crippen LogP contribution is 2.28. The summed E-state index contributed by atoms with van der Waals surface area (Å²) in [4.78, 5) is 5.43. The molecule has 1 aliphatic carbocycles. The van der Waals surface area contributed by atoms with E-state index >= 15 is 0 Å². The molecule has 25 heavy (non-hydrogen) atoms. The first-order valence-corrected chi connectivity index (χ1v) is 8.52. The van der Waals surface area contributed by atoms with Crippen LogP contribution in [0.4, 0.5) is 0 Å². The van der Waals surface area contributed by atoms with Crippen molar-refractivity contribution in [1.82, 2.24) is 10.2 Å². The SMILES string of the molecule is CC(O/N=C(\N)C1CCC1)c1nnc(-c2ccc3ccccc3c2)o1. The van der Waals surface area contributed by atoms with Crippen LogP contribution in [0.2, 0.25) is 0 Å². The van der Waals surface area contributed by atoms with Crippen LogP contribution in [-0.4, -0.2) is 16.0 Å². The summed E-state index contributed by atoms with van der Waals surface area (Å²) in [5.41, 5.74) is 6.79. The molecule has 1 saturated carbocycles. The Morgan fingerprint density at radius 3 is 2.76 bits per heavy atom. The van der Waals surface area contributed by atoms with Crippen molar-refractivity contribution >= 4 is 16.6 Å². The minimum atomic E-state index is -0.444. The molecule has 0 aliphatic heterocycles. The number of amidine groups is 1. The lowest BCUT2D eigenvalue weighted by atomic mass is 9.85. The minimum Gasteiger partial charge on any atom is -0.417 e. The van der Waals surface area contributed by atoms with Crippen LogP contribution in [0.15, 0.2) is 52.0 Å². The molecule has 0 amide bonds. The average molecular weight is 336 g/mol. The largest absolute Gasteiger partial charge is 0.417 e. The molecular formula is C19H20N4O2. The summed E-state index contributed by atoms with van der Waals surface area (Å²) in [5, 5.41) is 14.5. The zero-order valence-corrected chi connectivity index (χ0v) is 14.1. The van der Waals surface area contributed by atoms with Gasteiger partial charge >= 0.3 is 0 Å². The maximum absolute atomic E-state index is 5.91. The fourth-order valence-corrected chi connectivity index (χ4v) is 2.80. The lowest BCUT2D eigenvalue weighted by Crippen LogP contribution is -2.29. The van der Waals surface area contributed by atoms with Crippen molar-refractivity contribution in [3.8, 4) is 11.5 Å². The Morgan fingerprint density at radius 1 is 1.20 bits per heavy atom. The number of nitrogens with zero attached hydrogens (tertiary/aromatic N) is 3. The van der Waals surface area contributed by atoms with E-state index in [2.05, 4.69) is 27.5 Å². The molecule has 1 heterocycles. The van der Waals surface area contributed by atoms with Gasteiger partial charge in [-0.25, -0.2) is 0 Å². The smallest absolute Gasteiger partial charge is 0.259 e. The van der Waals surface area contributed by atoms with Crippen LogP contribution >= 0.6 is 0 Å². The Morgan fingerprint density at radius 2 is 2.00 bits per heavy atom. The summed E-state index contributed by atoms with van der Waals surface area (Å²) in [6, 6.07) is 14.2. The number of nitrogens with two attached hydrogens (primary N) is 1. The van der Waals surface area contributed by atoms with E-state index in [9.17, 15) is 0 Å². The summed E-state index contributed by atoms with van der Waals surface area (Å²) in [7, 11) is 0. The second-order valence-corrected chi connectivity index (χ2v) is 6.40. The van der Waals surface area contributed by atoms with Crippen LogP contribution in [0.3, 0.4) is 0 Å². The van der Waals surface area contributed by atoms with Crippen molar-refractivity contribution in [3.05, 3.63) is 48.4 Å². The number of hydrogen-bond donors (Lipinski definition) is 1. The molecule has 0 radical (unpaired) electrons. The molecule has 6 nitrogen and oxygen atoms in total. The summed E-state index contributed by atoms with van der Waals surface area (Å²) in [6.45, 7) is 1.81. The molecule has 1 aliphatic rings. The Hall–Kier alpha value is -2.89. The maximum atomic E-state index is 5.91. The Labute approximate surface area is 145 Å². The molecule has 2 aromatic carbocycles. The lowest BCUT2D eigenvalue weighted by Gasteiger charge is -2.23. The zero-order valence-electron chi connectivity index (χ0n) is 14.1. The molecule has 128 valence electrons. The van der Waals surface area contributed by atoms with Crippen molar-refractivity contribution in [2.75, 3.05) is 0 Å². The number of fused-ring (bicyclic) bond motifs is 1. The molecule has 3 aromatic rings. The van der Waals surface area contributed by atoms with E-state index in [0.717, 1.165) is 23.8 Å². The predicted molar refractivity (Wildman–Crippen MR) is 95.7 cm³/mol. The van der Waals surface area contributed by atoms with Gasteiger partial charge in [0.25, 0.3) is 5.89 Å². The fourth-order valence-electron chi connectivity index (χ4n) is 2.80. The summed E-state index contributed by atoms with van der Waals surface area (Å²) in [5.74, 6) is 1.75. The van der Waals surface area contributed by atoms with Gasteiger partial charge in [0.05, 0.1) is 0 Å². The Bertz CT molecular complexity index is 914. The number of aromatic nitrogens is 2. The third kappa shape index (κ3) is 3.20. The number of hydrogen-bond acceptors (Lipinski definition) is 5. The monoisotopic (exact) mass is 336 g/mol. The molecular weight excluding hydrogens is 316 g/mol.